The van der Waals surface area contributed by atoms with Crippen molar-refractivity contribution in [2.24, 2.45) is 11.7 Å². The number of benzene rings is 1. The van der Waals surface area contributed by atoms with Gasteiger partial charge in [-0.1, -0.05) is 26.0 Å². The third kappa shape index (κ3) is 8.29. The highest BCUT2D eigenvalue weighted by atomic mass is 32.1. The zero-order valence-electron chi connectivity index (χ0n) is 16.8. The molecular formula is C19H28N4O6S. The first kappa shape index (κ1) is 25.2. The van der Waals surface area contributed by atoms with E-state index in [4.69, 9.17) is 10.8 Å². The minimum Gasteiger partial charge on any atom is -0.508 e. The molecule has 0 heterocycles. The Bertz CT molecular complexity index is 756. The molecule has 3 unspecified atom stereocenters. The van der Waals surface area contributed by atoms with E-state index >= 15 is 0 Å². The standard InChI is InChI=1S/C19H28N4O6S/c1-10(2)16(19(29)21-8-15(25)26)23-18(28)14(22-17(27)13(20)9-30)7-11-3-5-12(24)6-4-11/h3-6,10,13-14,16,24,30H,7-9,20H2,1-2H3,(H,21,29)(H,22,27)(H,23,28)(H,25,26). The number of carboxylic acids is 1. The summed E-state index contributed by atoms with van der Waals surface area (Å²) in [6.45, 7) is 2.80. The van der Waals surface area contributed by atoms with Gasteiger partial charge in [-0.05, 0) is 23.6 Å². The van der Waals surface area contributed by atoms with E-state index in [-0.39, 0.29) is 23.8 Å². The number of carbonyl (C=O) groups excluding carboxylic acids is 3. The number of phenolic OH excluding ortho intramolecular Hbond substituents is 1. The van der Waals surface area contributed by atoms with Crippen LogP contribution < -0.4 is 21.7 Å². The van der Waals surface area contributed by atoms with Gasteiger partial charge in [0.05, 0.1) is 6.04 Å². The van der Waals surface area contributed by atoms with Crippen LogP contribution in [-0.2, 0) is 25.6 Å². The molecule has 10 nitrogen and oxygen atoms in total. The zero-order chi connectivity index (χ0) is 22.8. The van der Waals surface area contributed by atoms with E-state index < -0.39 is 48.4 Å². The first-order valence-corrected chi connectivity index (χ1v) is 9.93. The van der Waals surface area contributed by atoms with Crippen molar-refractivity contribution >= 4 is 36.3 Å². The molecule has 11 heteroatoms. The largest absolute Gasteiger partial charge is 0.508 e. The number of thiol groups is 1. The summed E-state index contributed by atoms with van der Waals surface area (Å²) in [6.07, 6.45) is 0.0820. The van der Waals surface area contributed by atoms with Crippen LogP contribution in [0.2, 0.25) is 0 Å². The number of hydrogen-bond acceptors (Lipinski definition) is 7. The van der Waals surface area contributed by atoms with Gasteiger partial charge in [0.25, 0.3) is 0 Å². The zero-order valence-corrected chi connectivity index (χ0v) is 17.7. The minimum absolute atomic E-state index is 0.0517. The number of nitrogens with one attached hydrogen (secondary N) is 3. The van der Waals surface area contributed by atoms with Crippen molar-refractivity contribution in [2.75, 3.05) is 12.3 Å². The van der Waals surface area contributed by atoms with E-state index in [1.807, 2.05) is 0 Å². The van der Waals surface area contributed by atoms with Crippen LogP contribution >= 0.6 is 12.6 Å². The Morgan fingerprint density at radius 1 is 1.03 bits per heavy atom. The fourth-order valence-electron chi connectivity index (χ4n) is 2.50. The fraction of sp³-hybridized carbons (Fsp3) is 0.474. The summed E-state index contributed by atoms with van der Waals surface area (Å²) >= 11 is 3.97. The highest BCUT2D eigenvalue weighted by Crippen LogP contribution is 2.12. The third-order valence-corrected chi connectivity index (χ3v) is 4.60. The summed E-state index contributed by atoms with van der Waals surface area (Å²) in [6, 6.07) is 3.10. The molecule has 30 heavy (non-hydrogen) atoms. The van der Waals surface area contributed by atoms with Gasteiger partial charge < -0.3 is 31.9 Å². The molecule has 1 aromatic rings. The summed E-state index contributed by atoms with van der Waals surface area (Å²) in [7, 11) is 0. The van der Waals surface area contributed by atoms with Crippen molar-refractivity contribution in [1.29, 1.82) is 0 Å². The quantitative estimate of drug-likeness (QED) is 0.217. The van der Waals surface area contributed by atoms with E-state index in [0.29, 0.717) is 5.56 Å². The van der Waals surface area contributed by atoms with Crippen molar-refractivity contribution in [2.45, 2.75) is 38.4 Å². The number of carboxylic acid groups (broad SMARTS) is 1. The van der Waals surface area contributed by atoms with Gasteiger partial charge >= 0.3 is 5.97 Å². The Balaban J connectivity index is 2.99. The van der Waals surface area contributed by atoms with Gasteiger partial charge in [0, 0.05) is 12.2 Å². The monoisotopic (exact) mass is 440 g/mol. The highest BCUT2D eigenvalue weighted by molar-refractivity contribution is 7.80. The van der Waals surface area contributed by atoms with Crippen LogP contribution in [0.15, 0.2) is 24.3 Å². The average molecular weight is 441 g/mol. The van der Waals surface area contributed by atoms with Crippen LogP contribution in [0.4, 0.5) is 0 Å². The molecule has 0 aliphatic heterocycles. The van der Waals surface area contributed by atoms with Crippen molar-refractivity contribution in [1.82, 2.24) is 16.0 Å². The molecule has 0 saturated carbocycles. The van der Waals surface area contributed by atoms with E-state index in [1.165, 1.54) is 12.1 Å². The molecule has 0 spiro atoms. The minimum atomic E-state index is -1.21. The molecule has 0 aliphatic rings. The van der Waals surface area contributed by atoms with Crippen molar-refractivity contribution in [3.63, 3.8) is 0 Å². The maximum atomic E-state index is 12.9. The number of aromatic hydroxyl groups is 1. The van der Waals surface area contributed by atoms with Gasteiger partial charge in [-0.15, -0.1) is 0 Å². The summed E-state index contributed by atoms with van der Waals surface area (Å²) in [5.41, 5.74) is 6.33. The summed E-state index contributed by atoms with van der Waals surface area (Å²) in [4.78, 5) is 48.1. The fourth-order valence-corrected chi connectivity index (χ4v) is 2.67. The van der Waals surface area contributed by atoms with Gasteiger partial charge in [0.1, 0.15) is 24.4 Å². The first-order chi connectivity index (χ1) is 14.0. The van der Waals surface area contributed by atoms with Crippen molar-refractivity contribution in [3.8, 4) is 5.75 Å². The molecule has 0 bridgehead atoms. The van der Waals surface area contributed by atoms with Crippen LogP contribution in [0.3, 0.4) is 0 Å². The van der Waals surface area contributed by atoms with E-state index in [2.05, 4.69) is 28.6 Å². The number of amides is 3. The predicted octanol–water partition coefficient (Wildman–Crippen LogP) is -0.982. The number of hydrogen-bond donors (Lipinski definition) is 7. The molecule has 0 fully saturated rings. The van der Waals surface area contributed by atoms with Gasteiger partial charge in [-0.2, -0.15) is 12.6 Å². The lowest BCUT2D eigenvalue weighted by molar-refractivity contribution is -0.139. The van der Waals surface area contributed by atoms with Gasteiger partial charge in [-0.25, -0.2) is 0 Å². The van der Waals surface area contributed by atoms with Crippen LogP contribution in [0.5, 0.6) is 5.75 Å². The van der Waals surface area contributed by atoms with Crippen molar-refractivity contribution < 1.29 is 29.4 Å². The number of rotatable bonds is 11. The second-order valence-corrected chi connectivity index (χ2v) is 7.43. The Hall–Kier alpha value is -2.79. The van der Waals surface area contributed by atoms with Crippen LogP contribution in [0.25, 0.3) is 0 Å². The molecule has 7 N–H and O–H groups in total. The van der Waals surface area contributed by atoms with Gasteiger partial charge in [0.2, 0.25) is 17.7 Å². The second-order valence-electron chi connectivity index (χ2n) is 7.06. The maximum Gasteiger partial charge on any atom is 0.322 e. The van der Waals surface area contributed by atoms with Gasteiger partial charge in [0.15, 0.2) is 0 Å². The molecule has 0 radical (unpaired) electrons. The SMILES string of the molecule is CC(C)C(NC(=O)C(Cc1ccc(O)cc1)NC(=O)C(N)CS)C(=O)NCC(=O)O. The molecule has 3 amide bonds. The average Bonchev–Trinajstić information content (AvgIpc) is 2.69. The van der Waals surface area contributed by atoms with Crippen LogP contribution in [0, 0.1) is 5.92 Å². The number of aliphatic carboxylic acids is 1. The van der Waals surface area contributed by atoms with E-state index in [0.717, 1.165) is 0 Å². The normalized spacial score (nSPS) is 13.8. The maximum absolute atomic E-state index is 12.9. The lowest BCUT2D eigenvalue weighted by Gasteiger charge is -2.26. The number of phenols is 1. The Labute approximate surface area is 180 Å². The Morgan fingerprint density at radius 2 is 1.63 bits per heavy atom. The molecule has 1 aromatic carbocycles. The molecular weight excluding hydrogens is 412 g/mol. The molecule has 0 aromatic heterocycles. The van der Waals surface area contributed by atoms with Crippen LogP contribution in [0.1, 0.15) is 19.4 Å². The number of nitrogens with two attached hydrogens (primary N) is 1. The van der Waals surface area contributed by atoms with Crippen molar-refractivity contribution in [3.05, 3.63) is 29.8 Å². The van der Waals surface area contributed by atoms with Crippen LogP contribution in [-0.4, -0.2) is 64.3 Å². The highest BCUT2D eigenvalue weighted by Gasteiger charge is 2.30. The molecule has 166 valence electrons. The predicted molar refractivity (Wildman–Crippen MR) is 113 cm³/mol. The first-order valence-electron chi connectivity index (χ1n) is 9.29. The summed E-state index contributed by atoms with van der Waals surface area (Å²) in [5, 5.41) is 25.5. The lowest BCUT2D eigenvalue weighted by atomic mass is 10.0. The second kappa shape index (κ2) is 12.0. The summed E-state index contributed by atoms with van der Waals surface area (Å²) in [5.74, 6) is -3.29. The number of carbonyl (C=O) groups is 4. The third-order valence-electron chi connectivity index (χ3n) is 4.20. The molecule has 0 saturated heterocycles. The smallest absolute Gasteiger partial charge is 0.322 e. The molecule has 1 rings (SSSR count). The summed E-state index contributed by atoms with van der Waals surface area (Å²) < 4.78 is 0. The molecule has 3 atom stereocenters. The lowest BCUT2D eigenvalue weighted by Crippen LogP contribution is -2.58. The van der Waals surface area contributed by atoms with E-state index in [9.17, 15) is 24.3 Å². The Kier molecular flexibility index (Phi) is 10.1. The topological polar surface area (TPSA) is 171 Å². The molecule has 0 aliphatic carbocycles. The van der Waals surface area contributed by atoms with E-state index in [1.54, 1.807) is 26.0 Å². The van der Waals surface area contributed by atoms with Gasteiger partial charge in [-0.3, -0.25) is 19.2 Å². The Morgan fingerprint density at radius 3 is 2.13 bits per heavy atom.